The van der Waals surface area contributed by atoms with Crippen molar-refractivity contribution in [3.8, 4) is 0 Å². The Hall–Kier alpha value is 0.170. The molecule has 1 atom stereocenters. The van der Waals surface area contributed by atoms with Crippen molar-refractivity contribution in [3.05, 3.63) is 12.2 Å². The summed E-state index contributed by atoms with van der Waals surface area (Å²) in [5.74, 6) is 2.64. The third-order valence-corrected chi connectivity index (χ3v) is 6.77. The predicted octanol–water partition coefficient (Wildman–Crippen LogP) is 6.36. The molecule has 1 heteroatoms. The predicted molar refractivity (Wildman–Crippen MR) is 94.2 cm³/mol. The van der Waals surface area contributed by atoms with Crippen LogP contribution in [0.5, 0.6) is 0 Å². The zero-order chi connectivity index (χ0) is 14.4. The summed E-state index contributed by atoms with van der Waals surface area (Å²) in [6.07, 6.45) is 21.0. The minimum atomic E-state index is 0.412. The van der Waals surface area contributed by atoms with E-state index in [2.05, 4.69) is 35.2 Å². The van der Waals surface area contributed by atoms with E-state index in [0.29, 0.717) is 5.16 Å². The molecule has 2 fully saturated rings. The van der Waals surface area contributed by atoms with Crippen LogP contribution >= 0.6 is 9.24 Å². The van der Waals surface area contributed by atoms with Crippen molar-refractivity contribution in [1.82, 2.24) is 0 Å². The monoisotopic (exact) mass is 294 g/mol. The van der Waals surface area contributed by atoms with E-state index in [1.165, 1.54) is 70.6 Å². The van der Waals surface area contributed by atoms with Crippen molar-refractivity contribution in [3.63, 3.8) is 0 Å². The van der Waals surface area contributed by atoms with E-state index in [9.17, 15) is 0 Å². The summed E-state index contributed by atoms with van der Waals surface area (Å²) in [7, 11) is 3.35. The smallest absolute Gasteiger partial charge is 0.00831 e. The van der Waals surface area contributed by atoms with Crippen molar-refractivity contribution >= 4 is 9.24 Å². The van der Waals surface area contributed by atoms with Gasteiger partial charge in [0.15, 0.2) is 0 Å². The average molecular weight is 294 g/mol. The van der Waals surface area contributed by atoms with E-state index in [1.807, 2.05) is 0 Å². The van der Waals surface area contributed by atoms with Gasteiger partial charge in [-0.1, -0.05) is 64.5 Å². The highest BCUT2D eigenvalue weighted by atomic mass is 31.0. The Morgan fingerprint density at radius 1 is 0.900 bits per heavy atom. The Bertz CT molecular complexity index is 275. The molecular formula is C19H35P. The fourth-order valence-corrected chi connectivity index (χ4v) is 5.16. The third-order valence-electron chi connectivity index (χ3n) is 5.64. The molecule has 0 radical (unpaired) electrons. The Morgan fingerprint density at radius 3 is 1.75 bits per heavy atom. The minimum Gasteiger partial charge on any atom is -0.126 e. The molecule has 2 rings (SSSR count). The van der Waals surface area contributed by atoms with E-state index in [1.54, 1.807) is 0 Å². The summed E-state index contributed by atoms with van der Waals surface area (Å²) in [6.45, 7) is 4.66. The van der Waals surface area contributed by atoms with Gasteiger partial charge in [-0.2, -0.15) is 0 Å². The molecule has 0 heterocycles. The molecule has 0 aromatic carbocycles. The van der Waals surface area contributed by atoms with E-state index < -0.39 is 0 Å². The first-order chi connectivity index (χ1) is 9.63. The molecule has 0 nitrogen and oxygen atoms in total. The minimum absolute atomic E-state index is 0.412. The molecule has 20 heavy (non-hydrogen) atoms. The van der Waals surface area contributed by atoms with Crippen molar-refractivity contribution in [2.75, 3.05) is 0 Å². The van der Waals surface area contributed by atoms with Gasteiger partial charge in [-0.3, -0.25) is 0 Å². The average Bonchev–Trinajstić information content (AvgIpc) is 2.48. The molecule has 116 valence electrons. The van der Waals surface area contributed by atoms with Gasteiger partial charge >= 0.3 is 0 Å². The fraction of sp³-hybridized carbons (Fsp3) is 0.895. The van der Waals surface area contributed by atoms with E-state index >= 15 is 0 Å². The van der Waals surface area contributed by atoms with Crippen LogP contribution in [0.25, 0.3) is 0 Å². The molecule has 0 bridgehead atoms. The van der Waals surface area contributed by atoms with Crippen LogP contribution in [0.1, 0.15) is 84.5 Å². The van der Waals surface area contributed by atoms with Crippen LogP contribution in [0.4, 0.5) is 0 Å². The lowest BCUT2D eigenvalue weighted by atomic mass is 9.68. The summed E-state index contributed by atoms with van der Waals surface area (Å²) < 4.78 is 0. The highest BCUT2D eigenvalue weighted by Crippen LogP contribution is 2.49. The molecule has 2 aliphatic rings. The van der Waals surface area contributed by atoms with E-state index in [0.717, 1.165) is 17.8 Å². The molecular weight excluding hydrogens is 259 g/mol. The van der Waals surface area contributed by atoms with Crippen LogP contribution in [0.15, 0.2) is 12.2 Å². The summed E-state index contributed by atoms with van der Waals surface area (Å²) in [6, 6.07) is 0. The summed E-state index contributed by atoms with van der Waals surface area (Å²) >= 11 is 0. The summed E-state index contributed by atoms with van der Waals surface area (Å²) in [4.78, 5) is 0. The second-order valence-electron chi connectivity index (χ2n) is 7.70. The van der Waals surface area contributed by atoms with Gasteiger partial charge in [0.2, 0.25) is 0 Å². The second kappa shape index (κ2) is 7.98. The lowest BCUT2D eigenvalue weighted by Gasteiger charge is -2.45. The van der Waals surface area contributed by atoms with Crippen molar-refractivity contribution < 1.29 is 0 Å². The molecule has 2 aliphatic carbocycles. The highest BCUT2D eigenvalue weighted by molar-refractivity contribution is 7.19. The normalized spacial score (nSPS) is 23.8. The zero-order valence-electron chi connectivity index (χ0n) is 13.7. The standard InChI is InChI=1S/C19H35P/c1-16(2)10-9-15-19(20,17-11-5-3-6-12-17)18-13-7-4-8-14-18/h9,15-18H,3-8,10-14,20H2,1-2H3. The van der Waals surface area contributed by atoms with Gasteiger partial charge in [-0.25, -0.2) is 0 Å². The maximum atomic E-state index is 3.35. The van der Waals surface area contributed by atoms with Crippen LogP contribution in [0.3, 0.4) is 0 Å². The Kier molecular flexibility index (Phi) is 6.60. The van der Waals surface area contributed by atoms with E-state index in [-0.39, 0.29) is 0 Å². The van der Waals surface area contributed by atoms with Gasteiger partial charge in [-0.15, -0.1) is 9.24 Å². The Labute approximate surface area is 129 Å². The molecule has 0 aliphatic heterocycles. The number of allylic oxidation sites excluding steroid dienone is 2. The summed E-state index contributed by atoms with van der Waals surface area (Å²) in [5, 5.41) is 0.412. The van der Waals surface area contributed by atoms with Gasteiger partial charge in [0.25, 0.3) is 0 Å². The largest absolute Gasteiger partial charge is 0.126 e. The molecule has 0 amide bonds. The van der Waals surface area contributed by atoms with Crippen molar-refractivity contribution in [2.24, 2.45) is 17.8 Å². The maximum absolute atomic E-state index is 3.35. The zero-order valence-corrected chi connectivity index (χ0v) is 14.9. The van der Waals surface area contributed by atoms with Crippen molar-refractivity contribution in [1.29, 1.82) is 0 Å². The van der Waals surface area contributed by atoms with Crippen LogP contribution < -0.4 is 0 Å². The molecule has 0 spiro atoms. The molecule has 0 aromatic heterocycles. The summed E-state index contributed by atoms with van der Waals surface area (Å²) in [5.41, 5.74) is 0. The molecule has 1 unspecified atom stereocenters. The lowest BCUT2D eigenvalue weighted by Crippen LogP contribution is -2.39. The number of hydrogen-bond acceptors (Lipinski definition) is 0. The second-order valence-corrected chi connectivity index (χ2v) is 8.70. The number of hydrogen-bond donors (Lipinski definition) is 0. The molecule has 0 aromatic rings. The van der Waals surface area contributed by atoms with Gasteiger partial charge in [-0.05, 0) is 49.9 Å². The molecule has 0 N–H and O–H groups in total. The Balaban J connectivity index is 2.09. The maximum Gasteiger partial charge on any atom is 0.00831 e. The third kappa shape index (κ3) is 4.33. The van der Waals surface area contributed by atoms with Gasteiger partial charge in [0.05, 0.1) is 0 Å². The first-order valence-corrected chi connectivity index (χ1v) is 9.67. The fourth-order valence-electron chi connectivity index (χ4n) is 4.36. The van der Waals surface area contributed by atoms with Crippen molar-refractivity contribution in [2.45, 2.75) is 89.6 Å². The molecule has 0 saturated heterocycles. The Morgan fingerprint density at radius 2 is 1.35 bits per heavy atom. The highest BCUT2D eigenvalue weighted by Gasteiger charge is 2.39. The first-order valence-electron chi connectivity index (χ1n) is 9.09. The van der Waals surface area contributed by atoms with Gasteiger partial charge in [0.1, 0.15) is 0 Å². The lowest BCUT2D eigenvalue weighted by molar-refractivity contribution is 0.208. The number of rotatable bonds is 5. The van der Waals surface area contributed by atoms with Gasteiger partial charge in [0, 0.05) is 5.16 Å². The van der Waals surface area contributed by atoms with E-state index in [4.69, 9.17) is 0 Å². The van der Waals surface area contributed by atoms with Crippen LogP contribution in [-0.2, 0) is 0 Å². The van der Waals surface area contributed by atoms with Crippen LogP contribution in [0.2, 0.25) is 0 Å². The van der Waals surface area contributed by atoms with Gasteiger partial charge < -0.3 is 0 Å². The van der Waals surface area contributed by atoms with Crippen LogP contribution in [0, 0.1) is 17.8 Å². The SMILES string of the molecule is CC(C)CC=CC(P)(C1CCCCC1)C1CCCCC1. The topological polar surface area (TPSA) is 0 Å². The molecule has 2 saturated carbocycles. The first kappa shape index (κ1) is 16.5. The quantitative estimate of drug-likeness (QED) is 0.408. The van der Waals surface area contributed by atoms with Crippen LogP contribution in [-0.4, -0.2) is 5.16 Å².